The lowest BCUT2D eigenvalue weighted by atomic mass is 10.1. The van der Waals surface area contributed by atoms with Crippen molar-refractivity contribution in [2.24, 2.45) is 0 Å². The van der Waals surface area contributed by atoms with Crippen molar-refractivity contribution in [3.05, 3.63) is 48.9 Å². The van der Waals surface area contributed by atoms with Crippen LogP contribution < -0.4 is 5.32 Å². The number of benzene rings is 1. The van der Waals surface area contributed by atoms with Gasteiger partial charge in [-0.05, 0) is 24.3 Å². The van der Waals surface area contributed by atoms with Gasteiger partial charge in [0, 0.05) is 42.6 Å². The van der Waals surface area contributed by atoms with E-state index in [0.717, 1.165) is 28.8 Å². The van der Waals surface area contributed by atoms with E-state index in [1.165, 1.54) is 0 Å². The van der Waals surface area contributed by atoms with Crippen LogP contribution in [-0.2, 0) is 0 Å². The van der Waals surface area contributed by atoms with Crippen LogP contribution in [0.5, 0.6) is 0 Å². The zero-order valence-corrected chi connectivity index (χ0v) is 13.9. The number of imidazole rings is 1. The Kier molecular flexibility index (Phi) is 5.59. The number of β-amino-alcohol motifs (C(OH)–C–C–N with tert-alkyl or cyclic N) is 1. The van der Waals surface area contributed by atoms with Crippen LogP contribution in [0.15, 0.2) is 48.9 Å². The Morgan fingerprint density at radius 1 is 1.09 bits per heavy atom. The molecule has 1 fully saturated rings. The van der Waals surface area contributed by atoms with Crippen molar-refractivity contribution in [3.63, 3.8) is 0 Å². The summed E-state index contributed by atoms with van der Waals surface area (Å²) in [5, 5.41) is 14.4. The average molecular weight is 353 g/mol. The number of aromatic nitrogens is 3. The van der Waals surface area contributed by atoms with Gasteiger partial charge in [-0.3, -0.25) is 4.98 Å². The Morgan fingerprint density at radius 2 is 1.96 bits per heavy atom. The summed E-state index contributed by atoms with van der Waals surface area (Å²) in [5.41, 5.74) is 2.02. The second-order valence-electron chi connectivity index (χ2n) is 5.36. The zero-order chi connectivity index (χ0) is 14.2. The van der Waals surface area contributed by atoms with Gasteiger partial charge in [0.25, 0.3) is 0 Å². The van der Waals surface area contributed by atoms with Crippen LogP contribution in [0.4, 0.5) is 0 Å². The lowest BCUT2D eigenvalue weighted by Gasteiger charge is -2.18. The fourth-order valence-electron chi connectivity index (χ4n) is 2.95. The maximum atomic E-state index is 10.1. The molecule has 0 spiro atoms. The van der Waals surface area contributed by atoms with Crippen molar-refractivity contribution in [2.45, 2.75) is 12.1 Å². The minimum absolute atomic E-state index is 0. The van der Waals surface area contributed by atoms with Crippen LogP contribution in [-0.4, -0.2) is 38.8 Å². The van der Waals surface area contributed by atoms with Gasteiger partial charge in [0.05, 0.1) is 17.7 Å². The third-order valence-electron chi connectivity index (χ3n) is 4.04. The van der Waals surface area contributed by atoms with Crippen molar-refractivity contribution >= 4 is 35.7 Å². The molecular formula is C16H18Cl2N4O. The molecule has 23 heavy (non-hydrogen) atoms. The van der Waals surface area contributed by atoms with Crippen molar-refractivity contribution in [1.29, 1.82) is 0 Å². The van der Waals surface area contributed by atoms with Gasteiger partial charge in [-0.15, -0.1) is 24.8 Å². The standard InChI is InChI=1S/C16H16N4O.2ClH/c21-15-10-17-9-14(15)20-7-6-19-16(20)12-3-4-13-11(8-12)2-1-5-18-13;;/h1-8,14-15,17,21H,9-10H2;2*1H/t14-,15+;;/m0../s1. The number of pyridine rings is 1. The molecule has 1 aliphatic heterocycles. The molecule has 0 unspecified atom stereocenters. The largest absolute Gasteiger partial charge is 0.390 e. The van der Waals surface area contributed by atoms with Crippen LogP contribution >= 0.6 is 24.8 Å². The fourth-order valence-corrected chi connectivity index (χ4v) is 2.95. The highest BCUT2D eigenvalue weighted by molar-refractivity contribution is 5.85. The summed E-state index contributed by atoms with van der Waals surface area (Å²) in [6, 6.07) is 10.1. The van der Waals surface area contributed by atoms with E-state index in [1.54, 1.807) is 12.4 Å². The number of nitrogens with one attached hydrogen (secondary N) is 1. The first kappa shape index (κ1) is 17.7. The van der Waals surface area contributed by atoms with Crippen molar-refractivity contribution in [1.82, 2.24) is 19.9 Å². The molecule has 0 bridgehead atoms. The van der Waals surface area contributed by atoms with E-state index in [1.807, 2.05) is 30.5 Å². The SMILES string of the molecule is Cl.Cl.O[C@@H]1CNC[C@@H]1n1ccnc1-c1ccc2ncccc2c1. The van der Waals surface area contributed by atoms with Crippen LogP contribution in [0.3, 0.4) is 0 Å². The van der Waals surface area contributed by atoms with E-state index in [0.29, 0.717) is 6.54 Å². The molecule has 1 aromatic carbocycles. The number of halogens is 2. The third kappa shape index (κ3) is 3.19. The van der Waals surface area contributed by atoms with Gasteiger partial charge in [-0.1, -0.05) is 6.07 Å². The molecule has 0 radical (unpaired) electrons. The van der Waals surface area contributed by atoms with Gasteiger partial charge in [0.2, 0.25) is 0 Å². The molecule has 122 valence electrons. The Morgan fingerprint density at radius 3 is 2.74 bits per heavy atom. The summed E-state index contributed by atoms with van der Waals surface area (Å²) >= 11 is 0. The molecule has 4 rings (SSSR count). The maximum absolute atomic E-state index is 10.1. The first-order chi connectivity index (χ1) is 10.3. The summed E-state index contributed by atoms with van der Waals surface area (Å²) in [7, 11) is 0. The zero-order valence-electron chi connectivity index (χ0n) is 12.3. The number of nitrogens with zero attached hydrogens (tertiary/aromatic N) is 3. The van der Waals surface area contributed by atoms with E-state index in [4.69, 9.17) is 0 Å². The van der Waals surface area contributed by atoms with E-state index in [-0.39, 0.29) is 37.0 Å². The Balaban J connectivity index is 0.000000960. The summed E-state index contributed by atoms with van der Waals surface area (Å²) in [6.07, 6.45) is 5.14. The molecule has 5 nitrogen and oxygen atoms in total. The molecule has 2 N–H and O–H groups in total. The van der Waals surface area contributed by atoms with Crippen LogP contribution in [0, 0.1) is 0 Å². The van der Waals surface area contributed by atoms with Gasteiger partial charge in [0.1, 0.15) is 5.82 Å². The smallest absolute Gasteiger partial charge is 0.140 e. The number of rotatable bonds is 2. The molecule has 3 heterocycles. The summed E-state index contributed by atoms with van der Waals surface area (Å²) in [4.78, 5) is 8.81. The predicted molar refractivity (Wildman–Crippen MR) is 95.4 cm³/mol. The van der Waals surface area contributed by atoms with E-state index in [2.05, 4.69) is 25.9 Å². The second-order valence-corrected chi connectivity index (χ2v) is 5.36. The maximum Gasteiger partial charge on any atom is 0.140 e. The van der Waals surface area contributed by atoms with E-state index >= 15 is 0 Å². The number of aliphatic hydroxyl groups excluding tert-OH is 1. The van der Waals surface area contributed by atoms with Gasteiger partial charge in [0.15, 0.2) is 0 Å². The average Bonchev–Trinajstić information content (AvgIpc) is 3.15. The normalized spacial score (nSPS) is 20.0. The van der Waals surface area contributed by atoms with Crippen LogP contribution in [0.1, 0.15) is 6.04 Å². The highest BCUT2D eigenvalue weighted by atomic mass is 35.5. The quantitative estimate of drug-likeness (QED) is 0.743. The lowest BCUT2D eigenvalue weighted by molar-refractivity contribution is 0.151. The Hall–Kier alpha value is -1.66. The first-order valence-electron chi connectivity index (χ1n) is 7.10. The van der Waals surface area contributed by atoms with Gasteiger partial charge in [-0.25, -0.2) is 4.98 Å². The number of hydrogen-bond acceptors (Lipinski definition) is 4. The molecule has 0 saturated carbocycles. The third-order valence-corrected chi connectivity index (χ3v) is 4.04. The molecule has 0 aliphatic carbocycles. The predicted octanol–water partition coefficient (Wildman–Crippen LogP) is 2.45. The van der Waals surface area contributed by atoms with Gasteiger partial charge in [-0.2, -0.15) is 0 Å². The number of fused-ring (bicyclic) bond motifs is 1. The van der Waals surface area contributed by atoms with E-state index < -0.39 is 0 Å². The number of aliphatic hydroxyl groups is 1. The molecule has 3 aromatic rings. The van der Waals surface area contributed by atoms with E-state index in [9.17, 15) is 5.11 Å². The molecule has 1 aliphatic rings. The van der Waals surface area contributed by atoms with Crippen molar-refractivity contribution < 1.29 is 5.11 Å². The molecule has 7 heteroatoms. The van der Waals surface area contributed by atoms with Gasteiger partial charge >= 0.3 is 0 Å². The highest BCUT2D eigenvalue weighted by Crippen LogP contribution is 2.26. The molecule has 0 amide bonds. The summed E-state index contributed by atoms with van der Waals surface area (Å²) < 4.78 is 2.06. The molecular weight excluding hydrogens is 335 g/mol. The van der Waals surface area contributed by atoms with Crippen LogP contribution in [0.25, 0.3) is 22.3 Å². The topological polar surface area (TPSA) is 63.0 Å². The summed E-state index contributed by atoms with van der Waals surface area (Å²) in [6.45, 7) is 1.39. The lowest BCUT2D eigenvalue weighted by Crippen LogP contribution is -2.22. The highest BCUT2D eigenvalue weighted by Gasteiger charge is 2.28. The second kappa shape index (κ2) is 7.27. The first-order valence-corrected chi connectivity index (χ1v) is 7.10. The van der Waals surface area contributed by atoms with Crippen LogP contribution in [0.2, 0.25) is 0 Å². The van der Waals surface area contributed by atoms with Crippen molar-refractivity contribution in [3.8, 4) is 11.4 Å². The summed E-state index contributed by atoms with van der Waals surface area (Å²) in [5.74, 6) is 0.883. The molecule has 1 saturated heterocycles. The Labute approximate surface area is 146 Å². The number of hydrogen-bond donors (Lipinski definition) is 2. The minimum Gasteiger partial charge on any atom is -0.390 e. The van der Waals surface area contributed by atoms with Gasteiger partial charge < -0.3 is 15.0 Å². The molecule has 2 atom stereocenters. The Bertz CT molecular complexity index is 792. The van der Waals surface area contributed by atoms with Crippen molar-refractivity contribution in [2.75, 3.05) is 13.1 Å². The minimum atomic E-state index is -0.375. The molecule has 2 aromatic heterocycles. The monoisotopic (exact) mass is 352 g/mol. The fraction of sp³-hybridized carbons (Fsp3) is 0.250.